The number of rotatable bonds is 0. The molecule has 1 aromatic rings. The Morgan fingerprint density at radius 1 is 1.31 bits per heavy atom. The van der Waals surface area contributed by atoms with Crippen LogP contribution < -0.4 is 10.1 Å². The van der Waals surface area contributed by atoms with Gasteiger partial charge in [0, 0.05) is 18.4 Å². The largest absolute Gasteiger partial charge is 0.504 e. The fraction of sp³-hybridized carbons (Fsp3) is 0.500. The molecule has 1 spiro atoms. The van der Waals surface area contributed by atoms with E-state index in [1.54, 1.807) is 12.1 Å². The molecule has 0 radical (unpaired) electrons. The third-order valence-electron chi connectivity index (χ3n) is 3.57. The molecule has 4 nitrogen and oxygen atoms in total. The summed E-state index contributed by atoms with van der Waals surface area (Å²) < 4.78 is 5.84. The van der Waals surface area contributed by atoms with E-state index >= 15 is 0 Å². The van der Waals surface area contributed by atoms with Crippen molar-refractivity contribution in [1.29, 1.82) is 0 Å². The number of benzene rings is 1. The molecule has 1 saturated heterocycles. The van der Waals surface area contributed by atoms with Crippen LogP contribution in [0.15, 0.2) is 18.2 Å². The number of ether oxygens (including phenoxy) is 1. The predicted octanol–water partition coefficient (Wildman–Crippen LogP) is 0.940. The normalized spacial score (nSPS) is 26.4. The van der Waals surface area contributed by atoms with Gasteiger partial charge in [-0.2, -0.15) is 0 Å². The highest BCUT2D eigenvalue weighted by Crippen LogP contribution is 2.50. The van der Waals surface area contributed by atoms with Crippen LogP contribution in [0.3, 0.4) is 0 Å². The first-order valence-corrected chi connectivity index (χ1v) is 5.63. The first-order valence-electron chi connectivity index (χ1n) is 5.63. The van der Waals surface area contributed by atoms with Gasteiger partial charge in [0.2, 0.25) is 0 Å². The zero-order valence-corrected chi connectivity index (χ0v) is 8.94. The highest BCUT2D eigenvalue weighted by Gasteiger charge is 2.49. The smallest absolute Gasteiger partial charge is 0.167 e. The molecule has 0 bridgehead atoms. The molecular formula is C12H15NO3. The Bertz CT molecular complexity index is 413. The lowest BCUT2D eigenvalue weighted by Gasteiger charge is -2.35. The number of aliphatic hydroxyl groups excluding tert-OH is 1. The van der Waals surface area contributed by atoms with Crippen LogP contribution in [0, 0.1) is 0 Å². The van der Waals surface area contributed by atoms with Crippen LogP contribution >= 0.6 is 0 Å². The maximum absolute atomic E-state index is 10.3. The molecule has 0 aromatic heterocycles. The number of para-hydroxylation sites is 1. The van der Waals surface area contributed by atoms with E-state index in [4.69, 9.17) is 4.74 Å². The van der Waals surface area contributed by atoms with Crippen molar-refractivity contribution in [3.63, 3.8) is 0 Å². The van der Waals surface area contributed by atoms with E-state index in [1.807, 2.05) is 6.07 Å². The monoisotopic (exact) mass is 221 g/mol. The van der Waals surface area contributed by atoms with Gasteiger partial charge in [0.15, 0.2) is 11.5 Å². The number of nitrogens with one attached hydrogen (secondary N) is 1. The highest BCUT2D eigenvalue weighted by molar-refractivity contribution is 5.51. The van der Waals surface area contributed by atoms with Crippen molar-refractivity contribution < 1.29 is 14.9 Å². The SMILES string of the molecule is Oc1cccc2c1OC1(CCNCC1)C2O. The Kier molecular flexibility index (Phi) is 2.09. The molecule has 16 heavy (non-hydrogen) atoms. The summed E-state index contributed by atoms with van der Waals surface area (Å²) in [5.74, 6) is 0.573. The van der Waals surface area contributed by atoms with E-state index in [-0.39, 0.29) is 5.75 Å². The Hall–Kier alpha value is -1.26. The van der Waals surface area contributed by atoms with Crippen LogP contribution in [-0.2, 0) is 0 Å². The van der Waals surface area contributed by atoms with Gasteiger partial charge in [0.05, 0.1) is 0 Å². The van der Waals surface area contributed by atoms with E-state index in [2.05, 4.69) is 5.32 Å². The molecule has 3 N–H and O–H groups in total. The number of aliphatic hydroxyl groups is 1. The summed E-state index contributed by atoms with van der Waals surface area (Å²) in [6.45, 7) is 1.68. The first kappa shape index (κ1) is 9.93. The molecule has 2 heterocycles. The van der Waals surface area contributed by atoms with Crippen molar-refractivity contribution in [2.45, 2.75) is 24.5 Å². The Morgan fingerprint density at radius 3 is 2.75 bits per heavy atom. The summed E-state index contributed by atoms with van der Waals surface area (Å²) in [7, 11) is 0. The van der Waals surface area contributed by atoms with Crippen LogP contribution in [0.1, 0.15) is 24.5 Å². The Morgan fingerprint density at radius 2 is 2.06 bits per heavy atom. The van der Waals surface area contributed by atoms with Gasteiger partial charge in [-0.15, -0.1) is 0 Å². The molecule has 0 saturated carbocycles. The summed E-state index contributed by atoms with van der Waals surface area (Å²) in [4.78, 5) is 0. The van der Waals surface area contributed by atoms with Crippen molar-refractivity contribution in [2.75, 3.05) is 13.1 Å². The minimum Gasteiger partial charge on any atom is -0.504 e. The molecule has 1 unspecified atom stereocenters. The van der Waals surface area contributed by atoms with Crippen LogP contribution in [-0.4, -0.2) is 28.9 Å². The molecule has 3 rings (SSSR count). The van der Waals surface area contributed by atoms with E-state index in [9.17, 15) is 10.2 Å². The topological polar surface area (TPSA) is 61.7 Å². The Labute approximate surface area is 93.9 Å². The van der Waals surface area contributed by atoms with Gasteiger partial charge in [-0.25, -0.2) is 0 Å². The second-order valence-corrected chi connectivity index (χ2v) is 4.51. The maximum Gasteiger partial charge on any atom is 0.167 e. The standard InChI is InChI=1S/C12H15NO3/c14-9-3-1-2-8-10(9)16-12(11(8)15)4-6-13-7-5-12/h1-3,11,13-15H,4-7H2. The number of piperidine rings is 1. The van der Waals surface area contributed by atoms with E-state index in [0.29, 0.717) is 11.3 Å². The molecule has 1 fully saturated rings. The number of phenols is 1. The molecule has 2 aliphatic rings. The lowest BCUT2D eigenvalue weighted by Crippen LogP contribution is -2.47. The lowest BCUT2D eigenvalue weighted by atomic mass is 9.85. The fourth-order valence-corrected chi connectivity index (χ4v) is 2.64. The van der Waals surface area contributed by atoms with E-state index < -0.39 is 11.7 Å². The summed E-state index contributed by atoms with van der Waals surface area (Å²) in [5.41, 5.74) is 0.175. The zero-order valence-electron chi connectivity index (χ0n) is 8.94. The van der Waals surface area contributed by atoms with Crippen molar-refractivity contribution in [2.24, 2.45) is 0 Å². The minimum atomic E-state index is -0.628. The molecule has 4 heteroatoms. The van der Waals surface area contributed by atoms with E-state index in [0.717, 1.165) is 25.9 Å². The molecule has 1 aromatic carbocycles. The van der Waals surface area contributed by atoms with Gasteiger partial charge in [-0.05, 0) is 19.2 Å². The number of fused-ring (bicyclic) bond motifs is 1. The van der Waals surface area contributed by atoms with Crippen molar-refractivity contribution >= 4 is 0 Å². The van der Waals surface area contributed by atoms with Crippen molar-refractivity contribution in [1.82, 2.24) is 5.32 Å². The predicted molar refractivity (Wildman–Crippen MR) is 58.5 cm³/mol. The molecule has 2 aliphatic heterocycles. The van der Waals surface area contributed by atoms with Gasteiger partial charge in [0.25, 0.3) is 0 Å². The minimum absolute atomic E-state index is 0.118. The van der Waals surface area contributed by atoms with Gasteiger partial charge >= 0.3 is 0 Å². The molecule has 0 aliphatic carbocycles. The van der Waals surface area contributed by atoms with Crippen LogP contribution in [0.2, 0.25) is 0 Å². The fourth-order valence-electron chi connectivity index (χ4n) is 2.64. The summed E-state index contributed by atoms with van der Waals surface area (Å²) >= 11 is 0. The van der Waals surface area contributed by atoms with Crippen LogP contribution in [0.5, 0.6) is 11.5 Å². The number of phenolic OH excluding ortho intramolecular Hbond substituents is 1. The number of hydrogen-bond acceptors (Lipinski definition) is 4. The first-order chi connectivity index (χ1) is 7.73. The summed E-state index contributed by atoms with van der Waals surface area (Å²) in [6.07, 6.45) is 0.904. The van der Waals surface area contributed by atoms with Gasteiger partial charge in [-0.3, -0.25) is 0 Å². The summed E-state index contributed by atoms with van der Waals surface area (Å²) in [6, 6.07) is 5.14. The third-order valence-corrected chi connectivity index (χ3v) is 3.57. The molecule has 86 valence electrons. The van der Waals surface area contributed by atoms with Crippen LogP contribution in [0.25, 0.3) is 0 Å². The second kappa shape index (κ2) is 3.37. The zero-order chi connectivity index (χ0) is 11.2. The average Bonchev–Trinajstić information content (AvgIpc) is 2.57. The number of hydrogen-bond donors (Lipinski definition) is 3. The highest BCUT2D eigenvalue weighted by atomic mass is 16.5. The molecule has 0 amide bonds. The van der Waals surface area contributed by atoms with Crippen LogP contribution in [0.4, 0.5) is 0 Å². The molecular weight excluding hydrogens is 206 g/mol. The second-order valence-electron chi connectivity index (χ2n) is 4.51. The average molecular weight is 221 g/mol. The van der Waals surface area contributed by atoms with Crippen molar-refractivity contribution in [3.8, 4) is 11.5 Å². The Balaban J connectivity index is 2.02. The number of aromatic hydroxyl groups is 1. The molecule has 1 atom stereocenters. The summed E-state index contributed by atoms with van der Waals surface area (Å²) in [5, 5.41) is 23.3. The van der Waals surface area contributed by atoms with Gasteiger partial charge < -0.3 is 20.3 Å². The maximum atomic E-state index is 10.3. The van der Waals surface area contributed by atoms with Crippen molar-refractivity contribution in [3.05, 3.63) is 23.8 Å². The van der Waals surface area contributed by atoms with Gasteiger partial charge in [-0.1, -0.05) is 12.1 Å². The van der Waals surface area contributed by atoms with Gasteiger partial charge in [0.1, 0.15) is 11.7 Å². The lowest BCUT2D eigenvalue weighted by molar-refractivity contribution is -0.0491. The third kappa shape index (κ3) is 1.23. The quantitative estimate of drug-likeness (QED) is 0.610. The van der Waals surface area contributed by atoms with E-state index in [1.165, 1.54) is 0 Å².